The van der Waals surface area contributed by atoms with Crippen LogP contribution in [-0.4, -0.2) is 29.1 Å². The fourth-order valence-corrected chi connectivity index (χ4v) is 2.39. The van der Waals surface area contributed by atoms with E-state index in [2.05, 4.69) is 9.97 Å². The van der Waals surface area contributed by atoms with Gasteiger partial charge < -0.3 is 4.74 Å². The molecular formula is C9H10N2O2S. The van der Waals surface area contributed by atoms with E-state index in [1.54, 1.807) is 7.11 Å². The molecule has 1 aliphatic heterocycles. The zero-order valence-electron chi connectivity index (χ0n) is 7.82. The van der Waals surface area contributed by atoms with Gasteiger partial charge in [0, 0.05) is 11.3 Å². The van der Waals surface area contributed by atoms with Crippen LogP contribution in [0.25, 0.3) is 0 Å². The van der Waals surface area contributed by atoms with Gasteiger partial charge in [0.25, 0.3) is 0 Å². The minimum atomic E-state index is 0.211. The number of aldehydes is 1. The lowest BCUT2D eigenvalue weighted by Crippen LogP contribution is -2.11. The number of carbonyl (C=O) groups is 1. The van der Waals surface area contributed by atoms with Crippen LogP contribution in [0.1, 0.15) is 21.9 Å². The van der Waals surface area contributed by atoms with Gasteiger partial charge in [-0.3, -0.25) is 4.79 Å². The number of rotatable bonds is 2. The summed E-state index contributed by atoms with van der Waals surface area (Å²) in [4.78, 5) is 18.7. The number of ether oxygens (including phenoxy) is 1. The van der Waals surface area contributed by atoms with Crippen molar-refractivity contribution in [1.29, 1.82) is 0 Å². The summed E-state index contributed by atoms with van der Waals surface area (Å²) in [5.41, 5.74) is 1.99. The summed E-state index contributed by atoms with van der Waals surface area (Å²) in [5, 5.41) is 0. The molecule has 5 heteroatoms. The predicted molar refractivity (Wildman–Crippen MR) is 53.8 cm³/mol. The molecule has 14 heavy (non-hydrogen) atoms. The molecule has 0 radical (unpaired) electrons. The molecule has 1 aromatic heterocycles. The summed E-state index contributed by atoms with van der Waals surface area (Å²) in [6, 6.07) is 0. The van der Waals surface area contributed by atoms with Crippen LogP contribution in [0.15, 0.2) is 0 Å². The molecule has 0 N–H and O–H groups in total. The Morgan fingerprint density at radius 2 is 2.36 bits per heavy atom. The molecule has 0 bridgehead atoms. The van der Waals surface area contributed by atoms with Crippen molar-refractivity contribution in [2.75, 3.05) is 12.9 Å². The van der Waals surface area contributed by atoms with E-state index < -0.39 is 0 Å². The van der Waals surface area contributed by atoms with Gasteiger partial charge in [-0.1, -0.05) is 0 Å². The molecule has 74 valence electrons. The van der Waals surface area contributed by atoms with Crippen molar-refractivity contribution >= 4 is 18.0 Å². The van der Waals surface area contributed by atoms with Crippen LogP contribution in [0.2, 0.25) is 0 Å². The number of methoxy groups -OCH3 is 1. The van der Waals surface area contributed by atoms with Gasteiger partial charge in [-0.15, -0.1) is 0 Å². The smallest absolute Gasteiger partial charge is 0.220 e. The first kappa shape index (κ1) is 9.45. The third-order valence-electron chi connectivity index (χ3n) is 2.11. The highest BCUT2D eigenvalue weighted by Crippen LogP contribution is 2.28. The molecule has 0 saturated carbocycles. The minimum absolute atomic E-state index is 0.211. The normalized spacial score (nSPS) is 14.6. The zero-order chi connectivity index (χ0) is 9.97. The SMILES string of the molecule is COc1nc(C=O)nc2c1CCSC2. The van der Waals surface area contributed by atoms with Crippen molar-refractivity contribution in [2.45, 2.75) is 12.2 Å². The number of nitrogens with zero attached hydrogens (tertiary/aromatic N) is 2. The Bertz CT molecular complexity index is 351. The molecule has 4 nitrogen and oxygen atoms in total. The number of aromatic nitrogens is 2. The first-order valence-electron chi connectivity index (χ1n) is 4.32. The van der Waals surface area contributed by atoms with E-state index in [0.717, 1.165) is 29.2 Å². The van der Waals surface area contributed by atoms with Crippen molar-refractivity contribution in [1.82, 2.24) is 9.97 Å². The summed E-state index contributed by atoms with van der Waals surface area (Å²) in [5.74, 6) is 2.67. The fourth-order valence-electron chi connectivity index (χ4n) is 1.46. The van der Waals surface area contributed by atoms with E-state index in [9.17, 15) is 4.79 Å². The zero-order valence-corrected chi connectivity index (χ0v) is 8.63. The first-order valence-corrected chi connectivity index (χ1v) is 5.47. The van der Waals surface area contributed by atoms with Gasteiger partial charge in [0.15, 0.2) is 12.1 Å². The van der Waals surface area contributed by atoms with Gasteiger partial charge in [-0.25, -0.2) is 4.98 Å². The van der Waals surface area contributed by atoms with E-state index in [-0.39, 0.29) is 5.82 Å². The Hall–Kier alpha value is -1.10. The van der Waals surface area contributed by atoms with E-state index in [1.807, 2.05) is 11.8 Å². The average molecular weight is 210 g/mol. The Kier molecular flexibility index (Phi) is 2.67. The van der Waals surface area contributed by atoms with Crippen LogP contribution >= 0.6 is 11.8 Å². The second kappa shape index (κ2) is 3.96. The Balaban J connectivity index is 2.52. The highest BCUT2D eigenvalue weighted by Gasteiger charge is 2.18. The molecule has 0 unspecified atom stereocenters. The summed E-state index contributed by atoms with van der Waals surface area (Å²) in [7, 11) is 1.57. The summed E-state index contributed by atoms with van der Waals surface area (Å²) in [6.45, 7) is 0. The van der Waals surface area contributed by atoms with E-state index >= 15 is 0 Å². The van der Waals surface area contributed by atoms with Gasteiger partial charge in [0.05, 0.1) is 12.8 Å². The minimum Gasteiger partial charge on any atom is -0.481 e. The van der Waals surface area contributed by atoms with Gasteiger partial charge in [0.1, 0.15) is 0 Å². The van der Waals surface area contributed by atoms with Crippen LogP contribution in [-0.2, 0) is 12.2 Å². The van der Waals surface area contributed by atoms with Gasteiger partial charge in [-0.2, -0.15) is 16.7 Å². The lowest BCUT2D eigenvalue weighted by molar-refractivity contribution is 0.111. The lowest BCUT2D eigenvalue weighted by atomic mass is 10.2. The number of fused-ring (bicyclic) bond motifs is 1. The van der Waals surface area contributed by atoms with Gasteiger partial charge in [0.2, 0.25) is 5.88 Å². The van der Waals surface area contributed by atoms with Crippen LogP contribution in [0.5, 0.6) is 5.88 Å². The van der Waals surface area contributed by atoms with E-state index in [4.69, 9.17) is 4.74 Å². The third kappa shape index (κ3) is 1.59. The maximum absolute atomic E-state index is 10.6. The topological polar surface area (TPSA) is 52.1 Å². The maximum Gasteiger partial charge on any atom is 0.220 e. The fraction of sp³-hybridized carbons (Fsp3) is 0.444. The number of hydrogen-bond donors (Lipinski definition) is 0. The molecule has 0 atom stereocenters. The molecule has 0 aromatic carbocycles. The van der Waals surface area contributed by atoms with Gasteiger partial charge in [-0.05, 0) is 12.2 Å². The number of carbonyl (C=O) groups excluding carboxylic acids is 1. The quantitative estimate of drug-likeness (QED) is 0.684. The van der Waals surface area contributed by atoms with Crippen LogP contribution in [0.3, 0.4) is 0 Å². The molecule has 0 fully saturated rings. The second-order valence-electron chi connectivity index (χ2n) is 2.94. The molecule has 0 amide bonds. The lowest BCUT2D eigenvalue weighted by Gasteiger charge is -2.16. The van der Waals surface area contributed by atoms with Crippen molar-refractivity contribution < 1.29 is 9.53 Å². The van der Waals surface area contributed by atoms with Gasteiger partial charge >= 0.3 is 0 Å². The van der Waals surface area contributed by atoms with Crippen molar-refractivity contribution in [3.63, 3.8) is 0 Å². The molecule has 0 saturated heterocycles. The van der Waals surface area contributed by atoms with Crippen molar-refractivity contribution in [3.05, 3.63) is 17.1 Å². The summed E-state index contributed by atoms with van der Waals surface area (Å²) in [6.07, 6.45) is 1.57. The molecule has 2 rings (SSSR count). The Morgan fingerprint density at radius 1 is 1.50 bits per heavy atom. The molecule has 1 aromatic rings. The monoisotopic (exact) mass is 210 g/mol. The molecular weight excluding hydrogens is 200 g/mol. The molecule has 0 aliphatic carbocycles. The van der Waals surface area contributed by atoms with Crippen molar-refractivity contribution in [2.24, 2.45) is 0 Å². The van der Waals surface area contributed by atoms with E-state index in [0.29, 0.717) is 12.2 Å². The molecule has 2 heterocycles. The largest absolute Gasteiger partial charge is 0.481 e. The second-order valence-corrected chi connectivity index (χ2v) is 4.04. The molecule has 1 aliphatic rings. The van der Waals surface area contributed by atoms with Crippen LogP contribution in [0, 0.1) is 0 Å². The summed E-state index contributed by atoms with van der Waals surface area (Å²) < 4.78 is 5.14. The number of thioether (sulfide) groups is 1. The maximum atomic E-state index is 10.6. The third-order valence-corrected chi connectivity index (χ3v) is 3.08. The first-order chi connectivity index (χ1) is 6.85. The predicted octanol–water partition coefficient (Wildman–Crippen LogP) is 1.09. The van der Waals surface area contributed by atoms with Crippen molar-refractivity contribution in [3.8, 4) is 5.88 Å². The summed E-state index contributed by atoms with van der Waals surface area (Å²) >= 11 is 1.81. The standard InChI is InChI=1S/C9H10N2O2S/c1-13-9-6-2-3-14-5-7(6)10-8(4-12)11-9/h4H,2-3,5H2,1H3. The van der Waals surface area contributed by atoms with E-state index in [1.165, 1.54) is 0 Å². The molecule has 0 spiro atoms. The van der Waals surface area contributed by atoms with Crippen LogP contribution in [0.4, 0.5) is 0 Å². The average Bonchev–Trinajstić information content (AvgIpc) is 2.27. The number of hydrogen-bond acceptors (Lipinski definition) is 5. The Labute approximate surface area is 86.1 Å². The van der Waals surface area contributed by atoms with Crippen LogP contribution < -0.4 is 4.74 Å². The highest BCUT2D eigenvalue weighted by molar-refractivity contribution is 7.98. The highest BCUT2D eigenvalue weighted by atomic mass is 32.2. The Morgan fingerprint density at radius 3 is 3.07 bits per heavy atom.